The Morgan fingerprint density at radius 2 is 0.636 bits per heavy atom. The minimum atomic E-state index is -0.130. The predicted molar refractivity (Wildman–Crippen MR) is 250 cm³/mol. The minimum absolute atomic E-state index is 0.0443. The van der Waals surface area contributed by atoms with Crippen molar-refractivity contribution in [2.45, 2.75) is 36.5 Å². The molecule has 6 aliphatic rings. The van der Waals surface area contributed by atoms with Crippen LogP contribution in [-0.2, 0) is 12.8 Å². The Kier molecular flexibility index (Phi) is 11.8. The summed E-state index contributed by atoms with van der Waals surface area (Å²) in [6, 6.07) is 24.6. The van der Waals surface area contributed by atoms with Crippen molar-refractivity contribution >= 4 is 0 Å². The van der Waals surface area contributed by atoms with E-state index in [1.807, 2.05) is 30.3 Å². The fraction of sp³-hybridized carbons (Fsp3) is 0.333. The molecule has 0 heterocycles. The van der Waals surface area contributed by atoms with Gasteiger partial charge < -0.3 is 56.8 Å². The topological polar surface area (TPSA) is 111 Å². The van der Waals surface area contributed by atoms with E-state index in [4.69, 9.17) is 56.8 Å². The van der Waals surface area contributed by atoms with Crippen molar-refractivity contribution in [3.8, 4) is 69.0 Å². The molecule has 0 amide bonds. The fourth-order valence-electron chi connectivity index (χ4n) is 10.9. The monoisotopic (exact) mass is 896 g/mol. The van der Waals surface area contributed by atoms with Gasteiger partial charge >= 0.3 is 0 Å². The van der Waals surface area contributed by atoms with Gasteiger partial charge in [-0.2, -0.15) is 0 Å². The van der Waals surface area contributed by atoms with Crippen molar-refractivity contribution < 1.29 is 56.8 Å². The summed E-state index contributed by atoms with van der Waals surface area (Å²) in [4.78, 5) is 0. The molecule has 6 aliphatic carbocycles. The second-order valence-electron chi connectivity index (χ2n) is 16.5. The highest BCUT2D eigenvalue weighted by Crippen LogP contribution is 2.61. The van der Waals surface area contributed by atoms with Gasteiger partial charge in [-0.15, -0.1) is 0 Å². The molecule has 0 N–H and O–H groups in total. The number of rotatable bonds is 12. The average Bonchev–Trinajstić information content (AvgIpc) is 3.74. The molecule has 12 heteroatoms. The maximum atomic E-state index is 5.92. The molecule has 66 heavy (non-hydrogen) atoms. The first-order valence-electron chi connectivity index (χ1n) is 21.7. The molecular formula is C54H56O12. The lowest BCUT2D eigenvalue weighted by molar-refractivity contribution is 0.354. The quantitative estimate of drug-likeness (QED) is 0.117. The molecule has 4 bridgehead atoms. The van der Waals surface area contributed by atoms with Crippen LogP contribution in [-0.4, -0.2) is 85.3 Å². The first kappa shape index (κ1) is 44.1. The van der Waals surface area contributed by atoms with E-state index in [2.05, 4.69) is 42.5 Å². The lowest BCUT2D eigenvalue weighted by atomic mass is 9.71. The Morgan fingerprint density at radius 1 is 0.273 bits per heavy atom. The Hall–Kier alpha value is -7.08. The van der Waals surface area contributed by atoms with E-state index in [-0.39, 0.29) is 23.7 Å². The van der Waals surface area contributed by atoms with E-state index in [1.54, 1.807) is 85.3 Å². The van der Waals surface area contributed by atoms with E-state index in [0.29, 0.717) is 5.75 Å². The van der Waals surface area contributed by atoms with Crippen LogP contribution in [0.1, 0.15) is 90.4 Å². The molecule has 0 saturated carbocycles. The van der Waals surface area contributed by atoms with Crippen LogP contribution in [0, 0.1) is 0 Å². The summed E-state index contributed by atoms with van der Waals surface area (Å²) in [6.07, 6.45) is 1.54. The number of methoxy groups -OCH3 is 12. The summed E-state index contributed by atoms with van der Waals surface area (Å²) >= 11 is 0. The zero-order valence-electron chi connectivity index (χ0n) is 39.6. The lowest BCUT2D eigenvalue weighted by Crippen LogP contribution is -2.19. The molecule has 0 aromatic heterocycles. The molecule has 0 saturated heterocycles. The van der Waals surface area contributed by atoms with Gasteiger partial charge in [0.15, 0.2) is 11.5 Å². The van der Waals surface area contributed by atoms with Gasteiger partial charge in [-0.3, -0.25) is 0 Å². The number of ether oxygens (including phenoxy) is 12. The van der Waals surface area contributed by atoms with Gasteiger partial charge in [0, 0.05) is 76.3 Å². The molecule has 0 spiro atoms. The summed E-state index contributed by atoms with van der Waals surface area (Å²) in [5.74, 6) is 9.12. The van der Waals surface area contributed by atoms with Crippen molar-refractivity contribution in [3.05, 3.63) is 140 Å². The molecule has 6 aromatic carbocycles. The third-order valence-corrected chi connectivity index (χ3v) is 13.8. The fourth-order valence-corrected chi connectivity index (χ4v) is 10.9. The summed E-state index contributed by atoms with van der Waals surface area (Å²) in [6.45, 7) is 0. The first-order chi connectivity index (χ1) is 32.1. The van der Waals surface area contributed by atoms with Gasteiger partial charge in [-0.05, 0) is 99.8 Å². The Morgan fingerprint density at radius 3 is 1.08 bits per heavy atom. The highest BCUT2D eigenvalue weighted by molar-refractivity contribution is 5.73. The molecule has 344 valence electrons. The normalized spacial score (nSPS) is 17.3. The van der Waals surface area contributed by atoms with Crippen molar-refractivity contribution in [3.63, 3.8) is 0 Å². The van der Waals surface area contributed by atoms with Gasteiger partial charge in [-0.1, -0.05) is 0 Å². The lowest BCUT2D eigenvalue weighted by Gasteiger charge is -2.34. The van der Waals surface area contributed by atoms with Crippen LogP contribution in [0.3, 0.4) is 0 Å². The highest BCUT2D eigenvalue weighted by atomic mass is 16.5. The Labute approximate surface area is 386 Å². The second kappa shape index (κ2) is 17.7. The molecule has 6 aromatic rings. The van der Waals surface area contributed by atoms with Crippen LogP contribution in [0.4, 0.5) is 0 Å². The maximum Gasteiger partial charge on any atom is 0.161 e. The van der Waals surface area contributed by atoms with E-state index in [9.17, 15) is 0 Å². The smallest absolute Gasteiger partial charge is 0.161 e. The molecular weight excluding hydrogens is 841 g/mol. The molecule has 0 fully saturated rings. The van der Waals surface area contributed by atoms with Crippen molar-refractivity contribution in [2.24, 2.45) is 0 Å². The van der Waals surface area contributed by atoms with E-state index < -0.39 is 0 Å². The van der Waals surface area contributed by atoms with Gasteiger partial charge in [0.05, 0.1) is 85.3 Å². The highest BCUT2D eigenvalue weighted by Gasteiger charge is 2.45. The summed E-state index contributed by atoms with van der Waals surface area (Å²) in [5.41, 5.74) is 13.9. The molecule has 2 atom stereocenters. The SMILES string of the molecule is COc1cc(OC)c2c(c1)C1Cc3c(OC)cc(OC)cc3C2c2c(OC)cc(OC)cc21.COc1cc(OC)c2c(c1)C1Cc3cc(OC)c(OC)cc3C2c2cc(OC)cc(OC)c21. The third kappa shape index (κ3) is 6.87. The summed E-state index contributed by atoms with van der Waals surface area (Å²) in [7, 11) is 20.2. The van der Waals surface area contributed by atoms with Crippen molar-refractivity contribution in [2.75, 3.05) is 85.3 Å². The zero-order chi connectivity index (χ0) is 46.6. The number of hydrogen-bond acceptors (Lipinski definition) is 12. The van der Waals surface area contributed by atoms with Crippen LogP contribution in [0.5, 0.6) is 69.0 Å². The van der Waals surface area contributed by atoms with Crippen LogP contribution < -0.4 is 56.8 Å². The van der Waals surface area contributed by atoms with Crippen LogP contribution in [0.2, 0.25) is 0 Å². The Bertz CT molecular complexity index is 2790. The third-order valence-electron chi connectivity index (χ3n) is 13.8. The number of benzene rings is 6. The van der Waals surface area contributed by atoms with Crippen LogP contribution in [0.25, 0.3) is 0 Å². The maximum absolute atomic E-state index is 5.92. The van der Waals surface area contributed by atoms with E-state index in [1.165, 1.54) is 27.8 Å². The first-order valence-corrected chi connectivity index (χ1v) is 21.7. The number of hydrogen-bond donors (Lipinski definition) is 0. The summed E-state index contributed by atoms with van der Waals surface area (Å²) < 4.78 is 69.0. The van der Waals surface area contributed by atoms with Gasteiger partial charge in [0.2, 0.25) is 0 Å². The molecule has 12 nitrogen and oxygen atoms in total. The van der Waals surface area contributed by atoms with Gasteiger partial charge in [0.1, 0.15) is 57.5 Å². The molecule has 0 aliphatic heterocycles. The summed E-state index contributed by atoms with van der Waals surface area (Å²) in [5, 5.41) is 0. The Balaban J connectivity index is 0.000000166. The predicted octanol–water partition coefficient (Wildman–Crippen LogP) is 9.84. The molecule has 12 rings (SSSR count). The van der Waals surface area contributed by atoms with Crippen LogP contribution in [0.15, 0.2) is 72.8 Å². The zero-order valence-corrected chi connectivity index (χ0v) is 39.6. The average molecular weight is 897 g/mol. The second-order valence-corrected chi connectivity index (χ2v) is 16.5. The molecule has 0 radical (unpaired) electrons. The minimum Gasteiger partial charge on any atom is -0.497 e. The van der Waals surface area contributed by atoms with Gasteiger partial charge in [-0.25, -0.2) is 0 Å². The van der Waals surface area contributed by atoms with Crippen molar-refractivity contribution in [1.82, 2.24) is 0 Å². The largest absolute Gasteiger partial charge is 0.497 e. The van der Waals surface area contributed by atoms with Crippen LogP contribution >= 0.6 is 0 Å². The van der Waals surface area contributed by atoms with E-state index >= 15 is 0 Å². The van der Waals surface area contributed by atoms with Crippen molar-refractivity contribution in [1.29, 1.82) is 0 Å². The standard InChI is InChI=1S/2C27H28O6/c1-28-14-9-21-18(22(10-14)31-4)13-17-19-7-15(29-2)11-23(32-5)25(19)27(21)26-20(17)8-16(30-3)12-24(26)33-6;1-28-15-9-19-18-7-14-8-21(30-3)22(31-4)13-17(14)26(27(19)24(12-15)33-6)20-10-16(29-2)11-23(32-5)25(18)20/h7-12,17,27H,13H2,1-6H3;8-13,18,26H,7H2,1-6H3. The van der Waals surface area contributed by atoms with Gasteiger partial charge in [0.25, 0.3) is 0 Å². The van der Waals surface area contributed by atoms with E-state index in [0.717, 1.165) is 115 Å². The molecule has 2 unspecified atom stereocenters.